The summed E-state index contributed by atoms with van der Waals surface area (Å²) in [6, 6.07) is 0.631. The van der Waals surface area contributed by atoms with E-state index in [0.29, 0.717) is 19.1 Å². The lowest BCUT2D eigenvalue weighted by Gasteiger charge is -2.18. The van der Waals surface area contributed by atoms with Crippen LogP contribution in [-0.2, 0) is 22.9 Å². The lowest BCUT2D eigenvalue weighted by Crippen LogP contribution is -2.32. The number of aromatic nitrogens is 3. The maximum Gasteiger partial charge on any atom is 0.157 e. The second-order valence-electron chi connectivity index (χ2n) is 6.06. The minimum atomic E-state index is -3.11. The Kier molecular flexibility index (Phi) is 3.96. The highest BCUT2D eigenvalue weighted by Gasteiger charge is 2.28. The van der Waals surface area contributed by atoms with Gasteiger partial charge in [0.25, 0.3) is 0 Å². The Morgan fingerprint density at radius 1 is 1.42 bits per heavy atom. The first kappa shape index (κ1) is 14.5. The topological polar surface area (TPSA) is 76.9 Å². The number of aryl methyl sites for hydroxylation is 1. The Bertz CT molecular complexity index is 526. The number of nitrogens with one attached hydrogen (secondary N) is 1. The SMILES string of the molecule is CC(C)(C)S(=O)(=O)CCn1cc(CNC2CC2)nn1. The van der Waals surface area contributed by atoms with E-state index < -0.39 is 14.6 Å². The molecule has 1 heterocycles. The molecule has 0 unspecified atom stereocenters. The fraction of sp³-hybridized carbons (Fsp3) is 0.833. The second kappa shape index (κ2) is 5.20. The summed E-state index contributed by atoms with van der Waals surface area (Å²) in [4.78, 5) is 0. The van der Waals surface area contributed by atoms with Crippen LogP contribution in [0.4, 0.5) is 0 Å². The molecule has 0 atom stereocenters. The highest BCUT2D eigenvalue weighted by atomic mass is 32.2. The van der Waals surface area contributed by atoms with Gasteiger partial charge in [-0.3, -0.25) is 4.68 Å². The molecule has 0 bridgehead atoms. The molecule has 6 nitrogen and oxygen atoms in total. The molecule has 19 heavy (non-hydrogen) atoms. The summed E-state index contributed by atoms with van der Waals surface area (Å²) < 4.78 is 24.8. The van der Waals surface area contributed by atoms with Crippen molar-refractivity contribution in [1.82, 2.24) is 20.3 Å². The van der Waals surface area contributed by atoms with Gasteiger partial charge < -0.3 is 5.32 Å². The summed E-state index contributed by atoms with van der Waals surface area (Å²) >= 11 is 0. The van der Waals surface area contributed by atoms with Gasteiger partial charge in [0.05, 0.1) is 22.7 Å². The van der Waals surface area contributed by atoms with Crippen LogP contribution in [0.25, 0.3) is 0 Å². The standard InChI is InChI=1S/C12H22N4O2S/c1-12(2,3)19(17,18)7-6-16-9-11(14-15-16)8-13-10-4-5-10/h9-10,13H,4-8H2,1-3H3. The van der Waals surface area contributed by atoms with Crippen molar-refractivity contribution in [2.45, 2.75) is 57.5 Å². The van der Waals surface area contributed by atoms with Crippen LogP contribution in [0.3, 0.4) is 0 Å². The first-order valence-electron chi connectivity index (χ1n) is 6.63. The van der Waals surface area contributed by atoms with Crippen molar-refractivity contribution in [3.8, 4) is 0 Å². The molecule has 0 aliphatic heterocycles. The van der Waals surface area contributed by atoms with Gasteiger partial charge in [0.2, 0.25) is 0 Å². The summed E-state index contributed by atoms with van der Waals surface area (Å²) in [5.74, 6) is 0.0926. The predicted octanol–water partition coefficient (Wildman–Crippen LogP) is 0.743. The molecule has 1 aliphatic rings. The van der Waals surface area contributed by atoms with E-state index >= 15 is 0 Å². The van der Waals surface area contributed by atoms with E-state index in [9.17, 15) is 8.42 Å². The van der Waals surface area contributed by atoms with Gasteiger partial charge in [-0.2, -0.15) is 0 Å². The van der Waals surface area contributed by atoms with E-state index in [2.05, 4.69) is 15.6 Å². The molecule has 1 N–H and O–H groups in total. The Labute approximate surface area is 114 Å². The molecular weight excluding hydrogens is 264 g/mol. The molecule has 0 radical (unpaired) electrons. The quantitative estimate of drug-likeness (QED) is 0.835. The van der Waals surface area contributed by atoms with E-state index in [1.807, 2.05) is 6.20 Å². The monoisotopic (exact) mass is 286 g/mol. The second-order valence-corrected chi connectivity index (χ2v) is 8.92. The largest absolute Gasteiger partial charge is 0.308 e. The highest BCUT2D eigenvalue weighted by molar-refractivity contribution is 7.92. The molecule has 0 aromatic carbocycles. The third-order valence-electron chi connectivity index (χ3n) is 3.26. The Balaban J connectivity index is 1.85. The summed E-state index contributed by atoms with van der Waals surface area (Å²) in [5.41, 5.74) is 0.861. The van der Waals surface area contributed by atoms with E-state index in [1.165, 1.54) is 12.8 Å². The number of rotatable bonds is 6. The smallest absolute Gasteiger partial charge is 0.157 e. The van der Waals surface area contributed by atoms with Gasteiger partial charge >= 0.3 is 0 Å². The van der Waals surface area contributed by atoms with Gasteiger partial charge in [-0.25, -0.2) is 8.42 Å². The summed E-state index contributed by atoms with van der Waals surface area (Å²) in [6.07, 6.45) is 4.28. The third-order valence-corrected chi connectivity index (χ3v) is 5.84. The van der Waals surface area contributed by atoms with Gasteiger partial charge in [0, 0.05) is 18.8 Å². The first-order chi connectivity index (χ1) is 8.78. The number of sulfone groups is 1. The number of hydrogen-bond donors (Lipinski definition) is 1. The van der Waals surface area contributed by atoms with Crippen LogP contribution in [-0.4, -0.2) is 40.0 Å². The highest BCUT2D eigenvalue weighted by Crippen LogP contribution is 2.19. The van der Waals surface area contributed by atoms with E-state index in [4.69, 9.17) is 0 Å². The average molecular weight is 286 g/mol. The molecule has 1 aromatic rings. The van der Waals surface area contributed by atoms with E-state index in [-0.39, 0.29) is 5.75 Å². The van der Waals surface area contributed by atoms with Crippen molar-refractivity contribution < 1.29 is 8.42 Å². The zero-order chi connectivity index (χ0) is 14.1. The molecule has 108 valence electrons. The Morgan fingerprint density at radius 2 is 2.11 bits per heavy atom. The minimum Gasteiger partial charge on any atom is -0.308 e. The Morgan fingerprint density at radius 3 is 2.68 bits per heavy atom. The van der Waals surface area contributed by atoms with Crippen molar-refractivity contribution in [2.75, 3.05) is 5.75 Å². The molecular formula is C12H22N4O2S. The van der Waals surface area contributed by atoms with Gasteiger partial charge in [0.1, 0.15) is 0 Å². The van der Waals surface area contributed by atoms with Crippen LogP contribution in [0.2, 0.25) is 0 Å². The molecule has 0 spiro atoms. The summed E-state index contributed by atoms with van der Waals surface area (Å²) in [5, 5.41) is 11.3. The molecule has 1 aromatic heterocycles. The maximum absolute atomic E-state index is 12.0. The average Bonchev–Trinajstić information content (AvgIpc) is 3.01. The zero-order valence-electron chi connectivity index (χ0n) is 11.8. The van der Waals surface area contributed by atoms with Crippen LogP contribution in [0, 0.1) is 0 Å². The molecule has 1 saturated carbocycles. The van der Waals surface area contributed by atoms with E-state index in [0.717, 1.165) is 5.69 Å². The fourth-order valence-corrected chi connectivity index (χ4v) is 2.62. The normalized spacial score (nSPS) is 16.8. The van der Waals surface area contributed by atoms with Crippen LogP contribution in [0.15, 0.2) is 6.20 Å². The Hall–Kier alpha value is -0.950. The molecule has 1 aliphatic carbocycles. The lowest BCUT2D eigenvalue weighted by molar-refractivity contribution is 0.545. The first-order valence-corrected chi connectivity index (χ1v) is 8.28. The van der Waals surface area contributed by atoms with Gasteiger partial charge in [-0.15, -0.1) is 5.10 Å². The van der Waals surface area contributed by atoms with Crippen LogP contribution >= 0.6 is 0 Å². The van der Waals surface area contributed by atoms with Crippen molar-refractivity contribution in [2.24, 2.45) is 0 Å². The molecule has 0 amide bonds. The molecule has 1 fully saturated rings. The van der Waals surface area contributed by atoms with Gasteiger partial charge in [0.15, 0.2) is 9.84 Å². The fourth-order valence-electron chi connectivity index (χ4n) is 1.59. The molecule has 2 rings (SSSR count). The minimum absolute atomic E-state index is 0.0926. The van der Waals surface area contributed by atoms with Gasteiger partial charge in [-0.05, 0) is 33.6 Å². The van der Waals surface area contributed by atoms with Crippen LogP contribution < -0.4 is 5.32 Å². The molecule has 7 heteroatoms. The third kappa shape index (κ3) is 4.01. The zero-order valence-corrected chi connectivity index (χ0v) is 12.6. The van der Waals surface area contributed by atoms with Crippen molar-refractivity contribution in [3.05, 3.63) is 11.9 Å². The van der Waals surface area contributed by atoms with Crippen molar-refractivity contribution in [1.29, 1.82) is 0 Å². The van der Waals surface area contributed by atoms with Crippen molar-refractivity contribution in [3.63, 3.8) is 0 Å². The summed E-state index contributed by atoms with van der Waals surface area (Å²) in [7, 11) is -3.11. The predicted molar refractivity (Wildman–Crippen MR) is 73.4 cm³/mol. The van der Waals surface area contributed by atoms with Crippen LogP contribution in [0.1, 0.15) is 39.3 Å². The molecule has 0 saturated heterocycles. The number of nitrogens with zero attached hydrogens (tertiary/aromatic N) is 3. The van der Waals surface area contributed by atoms with Gasteiger partial charge in [-0.1, -0.05) is 5.21 Å². The van der Waals surface area contributed by atoms with Crippen molar-refractivity contribution >= 4 is 9.84 Å². The summed E-state index contributed by atoms with van der Waals surface area (Å²) in [6.45, 7) is 6.21. The number of hydrogen-bond acceptors (Lipinski definition) is 5. The lowest BCUT2D eigenvalue weighted by atomic mass is 10.3. The maximum atomic E-state index is 12.0. The van der Waals surface area contributed by atoms with Crippen LogP contribution in [0.5, 0.6) is 0 Å². The van der Waals surface area contributed by atoms with E-state index in [1.54, 1.807) is 25.5 Å².